The first-order valence-electron chi connectivity index (χ1n) is 21.8. The number of benzene rings is 6. The fraction of sp³-hybridized carbons (Fsp3) is 0.263. The van der Waals surface area contributed by atoms with Crippen molar-refractivity contribution in [2.45, 2.75) is 97.8 Å². The molecular formula is C57H57N4OPt-3. The summed E-state index contributed by atoms with van der Waals surface area (Å²) in [4.78, 5) is 9.53. The molecule has 63 heavy (non-hydrogen) atoms. The molecule has 1 aliphatic rings. The number of para-hydroxylation sites is 3. The molecule has 0 atom stereocenters. The second kappa shape index (κ2) is 16.2. The predicted octanol–water partition coefficient (Wildman–Crippen LogP) is 15.2. The van der Waals surface area contributed by atoms with E-state index in [9.17, 15) is 0 Å². The first-order valence-corrected chi connectivity index (χ1v) is 21.8. The minimum absolute atomic E-state index is 0. The van der Waals surface area contributed by atoms with Gasteiger partial charge in [-0.15, -0.1) is 53.6 Å². The van der Waals surface area contributed by atoms with Crippen molar-refractivity contribution in [2.24, 2.45) is 0 Å². The quantitative estimate of drug-likeness (QED) is 0.149. The van der Waals surface area contributed by atoms with Gasteiger partial charge in [0.05, 0.1) is 0 Å². The van der Waals surface area contributed by atoms with Crippen LogP contribution < -0.4 is 14.5 Å². The van der Waals surface area contributed by atoms with Gasteiger partial charge in [0.15, 0.2) is 0 Å². The van der Waals surface area contributed by atoms with Gasteiger partial charge in [0.25, 0.3) is 0 Å². The monoisotopic (exact) mass is 1010 g/mol. The minimum Gasteiger partial charge on any atom is -0.509 e. The third-order valence-corrected chi connectivity index (χ3v) is 12.5. The van der Waals surface area contributed by atoms with Gasteiger partial charge < -0.3 is 19.1 Å². The molecule has 6 aromatic carbocycles. The first kappa shape index (κ1) is 44.0. The van der Waals surface area contributed by atoms with E-state index in [0.717, 1.165) is 55.9 Å². The van der Waals surface area contributed by atoms with E-state index in [1.807, 2.05) is 12.3 Å². The van der Waals surface area contributed by atoms with Crippen LogP contribution in [0.1, 0.15) is 104 Å². The van der Waals surface area contributed by atoms with E-state index in [4.69, 9.17) is 9.72 Å². The van der Waals surface area contributed by atoms with Crippen molar-refractivity contribution in [3.8, 4) is 17.3 Å². The zero-order valence-electron chi connectivity index (χ0n) is 38.4. The Morgan fingerprint density at radius 2 is 1.11 bits per heavy atom. The minimum atomic E-state index is -0.225. The maximum atomic E-state index is 6.85. The molecule has 0 unspecified atom stereocenters. The van der Waals surface area contributed by atoms with Crippen LogP contribution in [0.15, 0.2) is 140 Å². The van der Waals surface area contributed by atoms with Gasteiger partial charge in [-0.1, -0.05) is 148 Å². The summed E-state index contributed by atoms with van der Waals surface area (Å²) in [6.07, 6.45) is 1.92. The smallest absolute Gasteiger partial charge is 0.135 e. The molecule has 2 aromatic heterocycles. The zero-order chi connectivity index (χ0) is 43.8. The van der Waals surface area contributed by atoms with E-state index < -0.39 is 0 Å². The van der Waals surface area contributed by atoms with Gasteiger partial charge in [0, 0.05) is 66.8 Å². The van der Waals surface area contributed by atoms with Crippen molar-refractivity contribution in [1.29, 1.82) is 0 Å². The molecule has 0 saturated heterocycles. The van der Waals surface area contributed by atoms with Crippen LogP contribution in [0.3, 0.4) is 0 Å². The van der Waals surface area contributed by atoms with Gasteiger partial charge >= 0.3 is 0 Å². The van der Waals surface area contributed by atoms with Gasteiger partial charge in [-0.3, -0.25) is 0 Å². The Hall–Kier alpha value is -5.64. The Balaban J connectivity index is 0.00000544. The Labute approximate surface area is 389 Å². The van der Waals surface area contributed by atoms with Crippen molar-refractivity contribution >= 4 is 44.6 Å². The van der Waals surface area contributed by atoms with Crippen LogP contribution >= 0.6 is 0 Å². The summed E-state index contributed by atoms with van der Waals surface area (Å²) in [5.41, 5.74) is 12.0. The van der Waals surface area contributed by atoms with E-state index in [0.29, 0.717) is 11.5 Å². The maximum absolute atomic E-state index is 6.85. The third-order valence-electron chi connectivity index (χ3n) is 12.5. The van der Waals surface area contributed by atoms with E-state index in [-0.39, 0.29) is 42.7 Å². The molecule has 9 rings (SSSR count). The molecule has 0 spiro atoms. The Kier molecular flexibility index (Phi) is 11.3. The van der Waals surface area contributed by atoms with Crippen LogP contribution in [0, 0.1) is 18.8 Å². The number of anilines is 4. The summed E-state index contributed by atoms with van der Waals surface area (Å²) in [5.74, 6) is 2.08. The Morgan fingerprint density at radius 3 is 1.78 bits per heavy atom. The van der Waals surface area contributed by atoms with Crippen molar-refractivity contribution < 1.29 is 25.8 Å². The standard InChI is InChI=1S/C57H57N4O.Pt/c1-54(2,3)40-29-41(55(4,5)6)31-43(30-40)59-37-60(51-24-18-17-23-50(51)59)44-32-42(56(7,8)9)33-46(35-44)62-45-25-26-48-47-21-15-16-22-49(47)61(52(48)36-45)53-34-39(27-28-58-53)57(10,11)38-19-13-12-14-20-38;/h12-34,37H,1-11H3;/q-3;. The summed E-state index contributed by atoms with van der Waals surface area (Å²) in [6.45, 7) is 27.2. The second-order valence-corrected chi connectivity index (χ2v) is 20.4. The van der Waals surface area contributed by atoms with Gasteiger partial charge in [-0.2, -0.15) is 6.07 Å². The van der Waals surface area contributed by atoms with Crippen LogP contribution in [0.5, 0.6) is 11.5 Å². The summed E-state index contributed by atoms with van der Waals surface area (Å²) in [5, 5.41) is 2.22. The summed E-state index contributed by atoms with van der Waals surface area (Å²) < 4.78 is 9.07. The normalized spacial score (nSPS) is 13.4. The fourth-order valence-electron chi connectivity index (χ4n) is 8.51. The van der Waals surface area contributed by atoms with E-state index in [1.54, 1.807) is 0 Å². The molecule has 0 aliphatic carbocycles. The molecule has 8 aromatic rings. The van der Waals surface area contributed by atoms with Crippen molar-refractivity contribution in [3.05, 3.63) is 186 Å². The molecule has 0 amide bonds. The molecule has 0 N–H and O–H groups in total. The third kappa shape index (κ3) is 8.33. The summed E-state index contributed by atoms with van der Waals surface area (Å²) >= 11 is 0. The number of hydrogen-bond donors (Lipinski definition) is 0. The van der Waals surface area contributed by atoms with Crippen LogP contribution in [-0.2, 0) is 42.7 Å². The summed E-state index contributed by atoms with van der Waals surface area (Å²) in [6, 6.07) is 55.1. The second-order valence-electron chi connectivity index (χ2n) is 20.4. The zero-order valence-corrected chi connectivity index (χ0v) is 40.6. The number of rotatable bonds is 7. The number of hydrogen-bond acceptors (Lipinski definition) is 4. The molecule has 3 heterocycles. The number of aromatic nitrogens is 2. The van der Waals surface area contributed by atoms with Crippen LogP contribution in [0.25, 0.3) is 27.6 Å². The Morgan fingerprint density at radius 1 is 0.508 bits per heavy atom. The molecule has 0 radical (unpaired) electrons. The molecule has 0 bridgehead atoms. The van der Waals surface area contributed by atoms with Crippen LogP contribution in [-0.4, -0.2) is 9.55 Å². The van der Waals surface area contributed by atoms with Crippen molar-refractivity contribution in [3.63, 3.8) is 0 Å². The fourth-order valence-corrected chi connectivity index (χ4v) is 8.51. The molecule has 5 nitrogen and oxygen atoms in total. The van der Waals surface area contributed by atoms with Crippen LogP contribution in [0.4, 0.5) is 22.7 Å². The largest absolute Gasteiger partial charge is 0.509 e. The van der Waals surface area contributed by atoms with E-state index >= 15 is 0 Å². The van der Waals surface area contributed by atoms with Gasteiger partial charge in [-0.05, 0) is 86.3 Å². The topological polar surface area (TPSA) is 33.5 Å². The van der Waals surface area contributed by atoms with Gasteiger partial charge in [0.2, 0.25) is 0 Å². The molecular weight excluding hydrogens is 952 g/mol. The van der Waals surface area contributed by atoms with Crippen molar-refractivity contribution in [1.82, 2.24) is 9.55 Å². The van der Waals surface area contributed by atoms with Crippen molar-refractivity contribution in [2.75, 3.05) is 9.80 Å². The SMILES string of the molecule is CC(C)(C)c1cc(Oc2[c-]c3c(cc2)c2ccccc2n3-c2cc(C(C)(C)c3ccccc3)ccn2)[c-]c(N2[CH-]N(c3cc(C(C)(C)C)cc(C(C)(C)C)c3)c3ccccc32)c1.[Pt]. The number of pyridine rings is 1. The Bertz CT molecular complexity index is 2930. The van der Waals surface area contributed by atoms with E-state index in [2.05, 4.69) is 237 Å². The van der Waals surface area contributed by atoms with Gasteiger partial charge in [0.1, 0.15) is 5.82 Å². The number of nitrogens with zero attached hydrogens (tertiary/aromatic N) is 4. The first-order chi connectivity index (χ1) is 29.4. The van der Waals surface area contributed by atoms with E-state index in [1.165, 1.54) is 22.3 Å². The molecule has 0 fully saturated rings. The average Bonchev–Trinajstić information content (AvgIpc) is 3.79. The van der Waals surface area contributed by atoms with Gasteiger partial charge in [-0.25, -0.2) is 4.98 Å². The number of ether oxygens (including phenoxy) is 1. The molecule has 6 heteroatoms. The number of fused-ring (bicyclic) bond motifs is 4. The average molecular weight is 1010 g/mol. The molecule has 324 valence electrons. The van der Waals surface area contributed by atoms with Crippen LogP contribution in [0.2, 0.25) is 0 Å². The maximum Gasteiger partial charge on any atom is 0.135 e. The molecule has 0 saturated carbocycles. The predicted molar refractivity (Wildman–Crippen MR) is 259 cm³/mol. The molecule has 1 aliphatic heterocycles. The summed E-state index contributed by atoms with van der Waals surface area (Å²) in [7, 11) is 0.